The molecule has 3 N–H and O–H groups in total. The van der Waals surface area contributed by atoms with E-state index in [1.165, 1.54) is 11.8 Å². The third kappa shape index (κ3) is 7.94. The summed E-state index contributed by atoms with van der Waals surface area (Å²) in [5.74, 6) is -0.909. The average Bonchev–Trinajstić information content (AvgIpc) is 2.96. The highest BCUT2D eigenvalue weighted by atomic mass is 32.2. The summed E-state index contributed by atoms with van der Waals surface area (Å²) in [6, 6.07) is 31.3. The van der Waals surface area contributed by atoms with Gasteiger partial charge in [-0.25, -0.2) is 0 Å². The Morgan fingerprint density at radius 1 is 0.775 bits per heavy atom. The van der Waals surface area contributed by atoms with Crippen molar-refractivity contribution in [1.29, 1.82) is 0 Å². The van der Waals surface area contributed by atoms with Crippen molar-refractivity contribution in [3.8, 4) is 0 Å². The number of hydrogen-bond acceptors (Lipinski definition) is 4. The van der Waals surface area contributed by atoms with E-state index in [4.69, 9.17) is 0 Å². The van der Waals surface area contributed by atoms with E-state index in [9.17, 15) is 14.4 Å². The summed E-state index contributed by atoms with van der Waals surface area (Å²) in [5, 5.41) is 8.28. The second-order valence-electron chi connectivity index (χ2n) is 9.34. The zero-order valence-electron chi connectivity index (χ0n) is 22.6. The van der Waals surface area contributed by atoms with E-state index in [2.05, 4.69) is 16.0 Å². The SMILES string of the molecule is Cc1ccc(C)c(NC(=O)C(C)Sc2ccc(NC(=O)/C(=C/c3ccccc3)NC(=O)c3ccccc3)cc2)c1. The van der Waals surface area contributed by atoms with Gasteiger partial charge in [0.25, 0.3) is 11.8 Å². The molecule has 0 aromatic heterocycles. The molecule has 40 heavy (non-hydrogen) atoms. The summed E-state index contributed by atoms with van der Waals surface area (Å²) in [6.45, 7) is 5.82. The number of benzene rings is 4. The van der Waals surface area contributed by atoms with E-state index in [1.807, 2.05) is 87.5 Å². The minimum Gasteiger partial charge on any atom is -0.325 e. The van der Waals surface area contributed by atoms with Gasteiger partial charge in [-0.3, -0.25) is 14.4 Å². The topological polar surface area (TPSA) is 87.3 Å². The molecule has 1 atom stereocenters. The fraction of sp³-hybridized carbons (Fsp3) is 0.121. The van der Waals surface area contributed by atoms with Crippen molar-refractivity contribution in [2.24, 2.45) is 0 Å². The molecule has 1 unspecified atom stereocenters. The zero-order chi connectivity index (χ0) is 28.5. The van der Waals surface area contributed by atoms with Crippen LogP contribution in [0.5, 0.6) is 0 Å². The van der Waals surface area contributed by atoms with Gasteiger partial charge in [-0.2, -0.15) is 0 Å². The van der Waals surface area contributed by atoms with Gasteiger partial charge in [-0.05, 0) is 86.0 Å². The normalized spacial score (nSPS) is 11.8. The first-order chi connectivity index (χ1) is 19.3. The van der Waals surface area contributed by atoms with Crippen molar-refractivity contribution in [2.45, 2.75) is 30.9 Å². The third-order valence-corrected chi connectivity index (χ3v) is 7.20. The van der Waals surface area contributed by atoms with Crippen molar-refractivity contribution < 1.29 is 14.4 Å². The molecule has 0 fully saturated rings. The standard InChI is InChI=1S/C33H31N3O3S/c1-22-14-15-23(2)29(20-22)35-31(37)24(3)40-28-18-16-27(17-19-28)34-33(39)30(21-25-10-6-4-7-11-25)36-32(38)26-12-8-5-9-13-26/h4-21,24H,1-3H3,(H,34,39)(H,35,37)(H,36,38)/b30-21-. The maximum atomic E-state index is 13.2. The molecule has 7 heteroatoms. The van der Waals surface area contributed by atoms with Gasteiger partial charge in [0.15, 0.2) is 0 Å². The summed E-state index contributed by atoms with van der Waals surface area (Å²) in [6.07, 6.45) is 1.64. The first-order valence-corrected chi connectivity index (χ1v) is 13.8. The first kappa shape index (κ1) is 28.4. The van der Waals surface area contributed by atoms with E-state index >= 15 is 0 Å². The molecule has 0 aliphatic heterocycles. The lowest BCUT2D eigenvalue weighted by atomic mass is 10.1. The Morgan fingerprint density at radius 3 is 2.10 bits per heavy atom. The lowest BCUT2D eigenvalue weighted by molar-refractivity contribution is -0.115. The van der Waals surface area contributed by atoms with Gasteiger partial charge in [-0.1, -0.05) is 60.7 Å². The van der Waals surface area contributed by atoms with E-state index in [1.54, 1.807) is 42.5 Å². The molecule has 202 valence electrons. The molecule has 0 saturated carbocycles. The number of anilines is 2. The average molecular weight is 550 g/mol. The van der Waals surface area contributed by atoms with E-state index in [0.29, 0.717) is 11.3 Å². The molecule has 4 aromatic rings. The zero-order valence-corrected chi connectivity index (χ0v) is 23.4. The van der Waals surface area contributed by atoms with Crippen LogP contribution in [0.3, 0.4) is 0 Å². The Bertz CT molecular complexity index is 1520. The van der Waals surface area contributed by atoms with Crippen LogP contribution in [0.4, 0.5) is 11.4 Å². The summed E-state index contributed by atoms with van der Waals surface area (Å²) in [4.78, 5) is 39.7. The molecule has 0 aliphatic rings. The number of nitrogens with one attached hydrogen (secondary N) is 3. The molecule has 0 heterocycles. The van der Waals surface area contributed by atoms with Gasteiger partial charge in [0, 0.05) is 21.8 Å². The lowest BCUT2D eigenvalue weighted by Crippen LogP contribution is -2.30. The van der Waals surface area contributed by atoms with E-state index in [0.717, 1.165) is 27.3 Å². The highest BCUT2D eigenvalue weighted by molar-refractivity contribution is 8.00. The Kier molecular flexibility index (Phi) is 9.54. The van der Waals surface area contributed by atoms with Gasteiger partial charge in [0.1, 0.15) is 5.70 Å². The number of hydrogen-bond donors (Lipinski definition) is 3. The molecule has 3 amide bonds. The number of thioether (sulfide) groups is 1. The van der Waals surface area contributed by atoms with Crippen LogP contribution in [0.1, 0.15) is 34.0 Å². The summed E-state index contributed by atoms with van der Waals surface area (Å²) in [7, 11) is 0. The minimum atomic E-state index is -0.449. The summed E-state index contributed by atoms with van der Waals surface area (Å²) in [5.41, 5.74) is 4.82. The van der Waals surface area contributed by atoms with Crippen LogP contribution in [0.2, 0.25) is 0 Å². The van der Waals surface area contributed by atoms with Gasteiger partial charge in [0.05, 0.1) is 5.25 Å². The molecule has 0 aliphatic carbocycles. The van der Waals surface area contributed by atoms with Gasteiger partial charge in [-0.15, -0.1) is 11.8 Å². The molecule has 0 radical (unpaired) electrons. The summed E-state index contributed by atoms with van der Waals surface area (Å²) < 4.78 is 0. The smallest absolute Gasteiger partial charge is 0.272 e. The van der Waals surface area contributed by atoms with E-state index < -0.39 is 5.91 Å². The Morgan fingerprint density at radius 2 is 1.43 bits per heavy atom. The number of carbonyl (C=O) groups excluding carboxylic acids is 3. The Hall–Kier alpha value is -4.62. The van der Waals surface area contributed by atoms with Crippen LogP contribution >= 0.6 is 11.8 Å². The fourth-order valence-corrected chi connectivity index (χ4v) is 4.70. The molecule has 6 nitrogen and oxygen atoms in total. The van der Waals surface area contributed by atoms with Crippen LogP contribution in [0.15, 0.2) is 114 Å². The maximum absolute atomic E-state index is 13.2. The molecule has 4 aromatic carbocycles. The number of rotatable bonds is 9. The highest BCUT2D eigenvalue weighted by Gasteiger charge is 2.17. The second-order valence-corrected chi connectivity index (χ2v) is 10.7. The second kappa shape index (κ2) is 13.4. The van der Waals surface area contributed by atoms with Crippen molar-refractivity contribution in [2.75, 3.05) is 10.6 Å². The van der Waals surface area contributed by atoms with Gasteiger partial charge >= 0.3 is 0 Å². The van der Waals surface area contributed by atoms with Crippen LogP contribution in [0, 0.1) is 13.8 Å². The van der Waals surface area contributed by atoms with Crippen molar-refractivity contribution in [3.63, 3.8) is 0 Å². The molecule has 0 saturated heterocycles. The highest BCUT2D eigenvalue weighted by Crippen LogP contribution is 2.26. The third-order valence-electron chi connectivity index (χ3n) is 6.08. The van der Waals surface area contributed by atoms with Crippen molar-refractivity contribution >= 4 is 46.9 Å². The van der Waals surface area contributed by atoms with Gasteiger partial charge in [0.2, 0.25) is 5.91 Å². The van der Waals surface area contributed by atoms with Crippen LogP contribution < -0.4 is 16.0 Å². The van der Waals surface area contributed by atoms with Crippen LogP contribution in [-0.2, 0) is 9.59 Å². The largest absolute Gasteiger partial charge is 0.325 e. The first-order valence-electron chi connectivity index (χ1n) is 12.9. The number of aryl methyl sites for hydroxylation is 2. The number of carbonyl (C=O) groups is 3. The molecular formula is C33H31N3O3S. The molecule has 0 spiro atoms. The maximum Gasteiger partial charge on any atom is 0.272 e. The number of amides is 3. The quantitative estimate of drug-likeness (QED) is 0.158. The van der Waals surface area contributed by atoms with Crippen molar-refractivity contribution in [1.82, 2.24) is 5.32 Å². The monoisotopic (exact) mass is 549 g/mol. The fourth-order valence-electron chi connectivity index (χ4n) is 3.84. The van der Waals surface area contributed by atoms with Gasteiger partial charge < -0.3 is 16.0 Å². The van der Waals surface area contributed by atoms with Crippen LogP contribution in [0.25, 0.3) is 6.08 Å². The summed E-state index contributed by atoms with van der Waals surface area (Å²) >= 11 is 1.43. The Balaban J connectivity index is 1.41. The van der Waals surface area contributed by atoms with Crippen LogP contribution in [-0.4, -0.2) is 23.0 Å². The molecule has 0 bridgehead atoms. The molecule has 4 rings (SSSR count). The van der Waals surface area contributed by atoms with E-state index in [-0.39, 0.29) is 22.8 Å². The Labute approximate surface area is 238 Å². The van der Waals surface area contributed by atoms with Crippen molar-refractivity contribution in [3.05, 3.63) is 131 Å². The molecular weight excluding hydrogens is 518 g/mol. The lowest BCUT2D eigenvalue weighted by Gasteiger charge is -2.15. The minimum absolute atomic E-state index is 0.0825. The predicted molar refractivity (Wildman–Crippen MR) is 163 cm³/mol. The predicted octanol–water partition coefficient (Wildman–Crippen LogP) is 6.83.